The lowest BCUT2D eigenvalue weighted by Crippen LogP contribution is -2.49. The number of likely N-dealkylation sites (N-methyl/N-ethyl adjacent to an activating group) is 1. The van der Waals surface area contributed by atoms with Crippen LogP contribution in [0.15, 0.2) is 10.5 Å². The van der Waals surface area contributed by atoms with E-state index in [1.807, 2.05) is 13.8 Å². The van der Waals surface area contributed by atoms with Gasteiger partial charge in [0.05, 0.1) is 6.26 Å². The number of rotatable bonds is 4. The Morgan fingerprint density at radius 1 is 1.50 bits per heavy atom. The van der Waals surface area contributed by atoms with Crippen molar-refractivity contribution < 1.29 is 17.6 Å². The average molecular weight is 328 g/mol. The van der Waals surface area contributed by atoms with E-state index in [-0.39, 0.29) is 11.9 Å². The molecular formula is C15H24N2O4S. The SMILES string of the molecule is CCc1oc(C(=O)N2CCC[C@H](N(C)S(C)(=O)=O)C2)cc1C. The number of aryl methyl sites for hydroxylation is 2. The van der Waals surface area contributed by atoms with E-state index in [4.69, 9.17) is 4.42 Å². The molecule has 0 spiro atoms. The molecule has 6 nitrogen and oxygen atoms in total. The van der Waals surface area contributed by atoms with E-state index in [2.05, 4.69) is 0 Å². The summed E-state index contributed by atoms with van der Waals surface area (Å²) in [6, 6.07) is 1.60. The van der Waals surface area contributed by atoms with Crippen molar-refractivity contribution in [2.24, 2.45) is 0 Å². The zero-order chi connectivity index (χ0) is 16.5. The molecule has 7 heteroatoms. The van der Waals surface area contributed by atoms with Crippen molar-refractivity contribution in [3.05, 3.63) is 23.2 Å². The number of hydrogen-bond donors (Lipinski definition) is 0. The highest BCUT2D eigenvalue weighted by Gasteiger charge is 2.31. The maximum Gasteiger partial charge on any atom is 0.289 e. The molecule has 2 rings (SSSR count). The molecule has 1 saturated heterocycles. The van der Waals surface area contributed by atoms with Crippen molar-refractivity contribution >= 4 is 15.9 Å². The lowest BCUT2D eigenvalue weighted by molar-refractivity contribution is 0.0632. The number of carbonyl (C=O) groups excluding carboxylic acids is 1. The molecule has 0 unspecified atom stereocenters. The van der Waals surface area contributed by atoms with Gasteiger partial charge in [0.25, 0.3) is 5.91 Å². The smallest absolute Gasteiger partial charge is 0.289 e. The van der Waals surface area contributed by atoms with Crippen LogP contribution < -0.4 is 0 Å². The van der Waals surface area contributed by atoms with Gasteiger partial charge in [0, 0.05) is 32.6 Å². The van der Waals surface area contributed by atoms with Gasteiger partial charge in [-0.05, 0) is 31.4 Å². The quantitative estimate of drug-likeness (QED) is 0.842. The largest absolute Gasteiger partial charge is 0.456 e. The number of piperidine rings is 1. The normalized spacial score (nSPS) is 19.7. The summed E-state index contributed by atoms with van der Waals surface area (Å²) in [5.41, 5.74) is 0.979. The number of furan rings is 1. The lowest BCUT2D eigenvalue weighted by Gasteiger charge is -2.36. The summed E-state index contributed by atoms with van der Waals surface area (Å²) in [7, 11) is -1.68. The molecule has 0 radical (unpaired) electrons. The summed E-state index contributed by atoms with van der Waals surface area (Å²) in [5.74, 6) is 1.01. The molecule has 1 aromatic heterocycles. The molecule has 0 bridgehead atoms. The van der Waals surface area contributed by atoms with Crippen LogP contribution in [0.4, 0.5) is 0 Å². The van der Waals surface area contributed by atoms with Gasteiger partial charge in [-0.25, -0.2) is 12.7 Å². The van der Waals surface area contributed by atoms with E-state index in [0.717, 1.165) is 30.6 Å². The van der Waals surface area contributed by atoms with Crippen LogP contribution in [0.2, 0.25) is 0 Å². The average Bonchev–Trinajstić information content (AvgIpc) is 2.86. The van der Waals surface area contributed by atoms with Gasteiger partial charge in [-0.3, -0.25) is 4.79 Å². The first kappa shape index (κ1) is 17.0. The predicted molar refractivity (Wildman–Crippen MR) is 84.4 cm³/mol. The highest BCUT2D eigenvalue weighted by atomic mass is 32.2. The second kappa shape index (κ2) is 6.42. The summed E-state index contributed by atoms with van der Waals surface area (Å²) in [6.45, 7) is 4.95. The van der Waals surface area contributed by atoms with Crippen molar-refractivity contribution in [1.29, 1.82) is 0 Å². The molecule has 22 heavy (non-hydrogen) atoms. The third-order valence-electron chi connectivity index (χ3n) is 4.27. The van der Waals surface area contributed by atoms with Gasteiger partial charge in [0.15, 0.2) is 5.76 Å². The maximum absolute atomic E-state index is 12.6. The minimum Gasteiger partial charge on any atom is -0.456 e. The van der Waals surface area contributed by atoms with Gasteiger partial charge in [-0.15, -0.1) is 0 Å². The molecule has 1 atom stereocenters. The van der Waals surface area contributed by atoms with E-state index in [1.54, 1.807) is 18.0 Å². The molecule has 1 amide bonds. The van der Waals surface area contributed by atoms with Gasteiger partial charge >= 0.3 is 0 Å². The monoisotopic (exact) mass is 328 g/mol. The third kappa shape index (κ3) is 3.52. The Kier molecular flexibility index (Phi) is 4.97. The molecule has 0 aromatic carbocycles. The first-order valence-corrected chi connectivity index (χ1v) is 9.40. The molecule has 1 aromatic rings. The van der Waals surface area contributed by atoms with Crippen LogP contribution in [0.5, 0.6) is 0 Å². The van der Waals surface area contributed by atoms with E-state index in [9.17, 15) is 13.2 Å². The fourth-order valence-corrected chi connectivity index (χ4v) is 3.55. The number of nitrogens with zero attached hydrogens (tertiary/aromatic N) is 2. The Balaban J connectivity index is 2.13. The van der Waals surface area contributed by atoms with Crippen LogP contribution >= 0.6 is 0 Å². The maximum atomic E-state index is 12.6. The van der Waals surface area contributed by atoms with Crippen molar-refractivity contribution in [3.8, 4) is 0 Å². The summed E-state index contributed by atoms with van der Waals surface area (Å²) in [6.07, 6.45) is 3.50. The van der Waals surface area contributed by atoms with E-state index in [0.29, 0.717) is 18.8 Å². The van der Waals surface area contributed by atoms with E-state index >= 15 is 0 Å². The van der Waals surface area contributed by atoms with Crippen LogP contribution in [0.3, 0.4) is 0 Å². The Bertz CT molecular complexity index is 650. The first-order valence-electron chi connectivity index (χ1n) is 7.55. The van der Waals surface area contributed by atoms with Crippen molar-refractivity contribution in [3.63, 3.8) is 0 Å². The Morgan fingerprint density at radius 3 is 2.73 bits per heavy atom. The number of amides is 1. The topological polar surface area (TPSA) is 70.8 Å². The van der Waals surface area contributed by atoms with Crippen molar-refractivity contribution in [2.75, 3.05) is 26.4 Å². The van der Waals surface area contributed by atoms with E-state index < -0.39 is 10.0 Å². The predicted octanol–water partition coefficient (Wildman–Crippen LogP) is 1.65. The van der Waals surface area contributed by atoms with Gasteiger partial charge in [-0.1, -0.05) is 6.92 Å². The van der Waals surface area contributed by atoms with E-state index in [1.165, 1.54) is 10.6 Å². The van der Waals surface area contributed by atoms with Crippen LogP contribution in [-0.4, -0.2) is 56.0 Å². The molecule has 124 valence electrons. The summed E-state index contributed by atoms with van der Waals surface area (Å²) < 4.78 is 30.3. The first-order chi connectivity index (χ1) is 10.2. The van der Waals surface area contributed by atoms with Crippen LogP contribution in [0.25, 0.3) is 0 Å². The molecule has 2 heterocycles. The molecular weight excluding hydrogens is 304 g/mol. The lowest BCUT2D eigenvalue weighted by atomic mass is 10.1. The summed E-state index contributed by atoms with van der Waals surface area (Å²) in [4.78, 5) is 14.3. The summed E-state index contributed by atoms with van der Waals surface area (Å²) >= 11 is 0. The second-order valence-electron chi connectivity index (χ2n) is 5.90. The highest BCUT2D eigenvalue weighted by molar-refractivity contribution is 7.88. The molecule has 0 aliphatic carbocycles. The molecule has 1 fully saturated rings. The zero-order valence-electron chi connectivity index (χ0n) is 13.6. The van der Waals surface area contributed by atoms with Gasteiger partial charge in [0.1, 0.15) is 5.76 Å². The Morgan fingerprint density at radius 2 is 2.18 bits per heavy atom. The van der Waals surface area contributed by atoms with Crippen molar-refractivity contribution in [2.45, 2.75) is 39.2 Å². The molecule has 0 saturated carbocycles. The summed E-state index contributed by atoms with van der Waals surface area (Å²) in [5, 5.41) is 0. The minimum absolute atomic E-state index is 0.158. The number of likely N-dealkylation sites (tertiary alicyclic amines) is 1. The number of hydrogen-bond acceptors (Lipinski definition) is 4. The van der Waals surface area contributed by atoms with Gasteiger partial charge in [0.2, 0.25) is 10.0 Å². The minimum atomic E-state index is -3.25. The second-order valence-corrected chi connectivity index (χ2v) is 7.94. The standard InChI is InChI=1S/C15H24N2O4S/c1-5-13-11(2)9-14(21-13)15(18)17-8-6-7-12(10-17)16(3)22(4,19)20/h9,12H,5-8,10H2,1-4H3/t12-/m0/s1. The Hall–Kier alpha value is -1.34. The van der Waals surface area contributed by atoms with Gasteiger partial charge < -0.3 is 9.32 Å². The van der Waals surface area contributed by atoms with Crippen LogP contribution in [0, 0.1) is 6.92 Å². The molecule has 1 aliphatic rings. The fourth-order valence-electron chi connectivity index (χ4n) is 2.84. The Labute approximate surface area is 132 Å². The number of carbonyl (C=O) groups is 1. The van der Waals surface area contributed by atoms with Crippen molar-refractivity contribution in [1.82, 2.24) is 9.21 Å². The highest BCUT2D eigenvalue weighted by Crippen LogP contribution is 2.21. The molecule has 1 aliphatic heterocycles. The zero-order valence-corrected chi connectivity index (χ0v) is 14.4. The third-order valence-corrected chi connectivity index (χ3v) is 5.62. The number of sulfonamides is 1. The van der Waals surface area contributed by atoms with Crippen LogP contribution in [0.1, 0.15) is 41.6 Å². The van der Waals surface area contributed by atoms with Crippen LogP contribution in [-0.2, 0) is 16.4 Å². The van der Waals surface area contributed by atoms with Gasteiger partial charge in [-0.2, -0.15) is 0 Å². The molecule has 0 N–H and O–H groups in total. The fraction of sp³-hybridized carbons (Fsp3) is 0.667.